The number of hydrogen-bond acceptors (Lipinski definition) is 4. The molecule has 1 aromatic rings. The van der Waals surface area contributed by atoms with Gasteiger partial charge in [-0.3, -0.25) is 4.79 Å². The lowest BCUT2D eigenvalue weighted by molar-refractivity contribution is 0.0784. The Bertz CT molecular complexity index is 340. The molecule has 1 saturated carbocycles. The van der Waals surface area contributed by atoms with Crippen LogP contribution in [0.5, 0.6) is 0 Å². The molecule has 0 atom stereocenters. The van der Waals surface area contributed by atoms with Gasteiger partial charge in [-0.2, -0.15) is 5.10 Å². The smallest absolute Gasteiger partial charge is 0.219 e. The number of carbonyl (C=O) groups excluding carboxylic acids is 1. The fraction of sp³-hybridized carbons (Fsp3) is 0.625. The molecule has 2 rings (SSSR count). The highest BCUT2D eigenvalue weighted by Crippen LogP contribution is 2.31. The first kappa shape index (κ1) is 8.37. The third-order valence-electron chi connectivity index (χ3n) is 2.61. The average Bonchev–Trinajstić information content (AvgIpc) is 2.46. The molecule has 0 spiro atoms. The van der Waals surface area contributed by atoms with Crippen molar-refractivity contribution in [1.29, 1.82) is 0 Å². The fourth-order valence-corrected chi connectivity index (χ4v) is 1.51. The summed E-state index contributed by atoms with van der Waals surface area (Å²) in [6.45, 7) is 0. The van der Waals surface area contributed by atoms with E-state index in [4.69, 9.17) is 5.73 Å². The minimum atomic E-state index is -0.666. The molecule has 0 aliphatic heterocycles. The van der Waals surface area contributed by atoms with Gasteiger partial charge >= 0.3 is 0 Å². The zero-order valence-corrected chi connectivity index (χ0v) is 7.53. The van der Waals surface area contributed by atoms with Crippen molar-refractivity contribution in [3.05, 3.63) is 12.2 Å². The number of nitrogens with two attached hydrogens (primary N) is 1. The van der Waals surface area contributed by atoms with Crippen LogP contribution in [0.3, 0.4) is 0 Å². The van der Waals surface area contributed by atoms with Crippen molar-refractivity contribution in [2.24, 2.45) is 12.8 Å². The van der Waals surface area contributed by atoms with Gasteiger partial charge in [0, 0.05) is 7.05 Å². The maximum Gasteiger partial charge on any atom is 0.219 e. The van der Waals surface area contributed by atoms with Crippen molar-refractivity contribution in [3.8, 4) is 0 Å². The lowest BCUT2D eigenvalue weighted by Crippen LogP contribution is -2.54. The van der Waals surface area contributed by atoms with Crippen LogP contribution >= 0.6 is 0 Å². The summed E-state index contributed by atoms with van der Waals surface area (Å²) in [7, 11) is 1.70. The molecule has 5 heteroatoms. The Kier molecular flexibility index (Phi) is 1.69. The molecular weight excluding hydrogens is 168 g/mol. The third-order valence-corrected chi connectivity index (χ3v) is 2.61. The Morgan fingerprint density at radius 3 is 2.77 bits per heavy atom. The van der Waals surface area contributed by atoms with Gasteiger partial charge in [0.2, 0.25) is 5.78 Å². The summed E-state index contributed by atoms with van der Waals surface area (Å²) in [5.74, 6) is 0.279. The van der Waals surface area contributed by atoms with Crippen molar-refractivity contribution in [1.82, 2.24) is 14.8 Å². The van der Waals surface area contributed by atoms with E-state index in [9.17, 15) is 4.79 Å². The predicted molar refractivity (Wildman–Crippen MR) is 46.1 cm³/mol. The molecule has 0 unspecified atom stereocenters. The molecule has 1 aliphatic carbocycles. The van der Waals surface area contributed by atoms with Gasteiger partial charge in [-0.1, -0.05) is 0 Å². The van der Waals surface area contributed by atoms with Gasteiger partial charge in [-0.25, -0.2) is 9.67 Å². The number of carbonyl (C=O) groups is 1. The van der Waals surface area contributed by atoms with Gasteiger partial charge in [0.25, 0.3) is 0 Å². The SMILES string of the molecule is Cn1ncnc1C(=O)C1(N)CCC1. The molecule has 1 fully saturated rings. The fourth-order valence-electron chi connectivity index (χ4n) is 1.51. The first-order valence-corrected chi connectivity index (χ1v) is 4.31. The maximum absolute atomic E-state index is 11.8. The molecule has 1 aromatic heterocycles. The van der Waals surface area contributed by atoms with Gasteiger partial charge in [-0.15, -0.1) is 0 Å². The Labute approximate surface area is 75.9 Å². The van der Waals surface area contributed by atoms with Crippen molar-refractivity contribution in [2.75, 3.05) is 0 Å². The Morgan fingerprint density at radius 1 is 1.69 bits per heavy atom. The molecule has 5 nitrogen and oxygen atoms in total. The third kappa shape index (κ3) is 1.16. The molecule has 0 saturated heterocycles. The second-order valence-corrected chi connectivity index (χ2v) is 3.55. The molecule has 1 heterocycles. The van der Waals surface area contributed by atoms with Crippen LogP contribution in [0.2, 0.25) is 0 Å². The maximum atomic E-state index is 11.8. The van der Waals surface area contributed by atoms with Gasteiger partial charge in [-0.05, 0) is 19.3 Å². The van der Waals surface area contributed by atoms with Crippen LogP contribution in [0.1, 0.15) is 29.9 Å². The first-order chi connectivity index (χ1) is 6.13. The van der Waals surface area contributed by atoms with E-state index >= 15 is 0 Å². The molecule has 13 heavy (non-hydrogen) atoms. The number of aryl methyl sites for hydroxylation is 1. The minimum Gasteiger partial charge on any atom is -0.319 e. The van der Waals surface area contributed by atoms with E-state index in [1.165, 1.54) is 11.0 Å². The van der Waals surface area contributed by atoms with Crippen LogP contribution in [-0.2, 0) is 7.05 Å². The standard InChI is InChI=1S/C8H12N4O/c1-12-7(10-5-11-12)6(13)8(9)3-2-4-8/h5H,2-4,9H2,1H3. The van der Waals surface area contributed by atoms with E-state index < -0.39 is 5.54 Å². The number of ketones is 1. The normalized spacial score (nSPS) is 19.5. The summed E-state index contributed by atoms with van der Waals surface area (Å²) in [4.78, 5) is 15.7. The minimum absolute atomic E-state index is 0.0845. The summed E-state index contributed by atoms with van der Waals surface area (Å²) in [6.07, 6.45) is 3.92. The van der Waals surface area contributed by atoms with Gasteiger partial charge in [0.1, 0.15) is 6.33 Å². The summed E-state index contributed by atoms with van der Waals surface area (Å²) in [5.41, 5.74) is 5.21. The molecule has 2 N–H and O–H groups in total. The van der Waals surface area contributed by atoms with Crippen molar-refractivity contribution < 1.29 is 4.79 Å². The van der Waals surface area contributed by atoms with Gasteiger partial charge in [0.05, 0.1) is 5.54 Å². The van der Waals surface area contributed by atoms with Crippen LogP contribution in [0.15, 0.2) is 6.33 Å². The van der Waals surface area contributed by atoms with Crippen LogP contribution in [0, 0.1) is 0 Å². The quantitative estimate of drug-likeness (QED) is 0.644. The van der Waals surface area contributed by atoms with Crippen molar-refractivity contribution in [3.63, 3.8) is 0 Å². The van der Waals surface area contributed by atoms with E-state index in [1.54, 1.807) is 7.05 Å². The predicted octanol–water partition coefficient (Wildman–Crippen LogP) is -0.121. The second-order valence-electron chi connectivity index (χ2n) is 3.55. The highest BCUT2D eigenvalue weighted by molar-refractivity contribution is 6.00. The molecular formula is C8H12N4O. The van der Waals surface area contributed by atoms with Crippen molar-refractivity contribution in [2.45, 2.75) is 24.8 Å². The highest BCUT2D eigenvalue weighted by atomic mass is 16.1. The number of aromatic nitrogens is 3. The Morgan fingerprint density at radius 2 is 2.38 bits per heavy atom. The van der Waals surface area contributed by atoms with E-state index in [1.807, 2.05) is 0 Å². The van der Waals surface area contributed by atoms with Gasteiger partial charge < -0.3 is 5.73 Å². The number of rotatable bonds is 2. The summed E-state index contributed by atoms with van der Waals surface area (Å²) < 4.78 is 1.47. The molecule has 0 aromatic carbocycles. The van der Waals surface area contributed by atoms with Crippen LogP contribution < -0.4 is 5.73 Å². The Hall–Kier alpha value is -1.23. The zero-order chi connectivity index (χ0) is 9.47. The van der Waals surface area contributed by atoms with E-state index in [0.717, 1.165) is 19.3 Å². The van der Waals surface area contributed by atoms with E-state index in [2.05, 4.69) is 10.1 Å². The zero-order valence-electron chi connectivity index (χ0n) is 7.53. The summed E-state index contributed by atoms with van der Waals surface area (Å²) in [6, 6.07) is 0. The lowest BCUT2D eigenvalue weighted by atomic mass is 9.74. The lowest BCUT2D eigenvalue weighted by Gasteiger charge is -2.35. The van der Waals surface area contributed by atoms with Crippen LogP contribution in [0.4, 0.5) is 0 Å². The number of Topliss-reactive ketones (excluding diaryl/α,β-unsaturated/α-hetero) is 1. The monoisotopic (exact) mass is 180 g/mol. The van der Waals surface area contributed by atoms with E-state index in [-0.39, 0.29) is 5.78 Å². The summed E-state index contributed by atoms with van der Waals surface area (Å²) in [5, 5.41) is 3.84. The van der Waals surface area contributed by atoms with E-state index in [0.29, 0.717) is 5.82 Å². The molecule has 1 aliphatic rings. The highest BCUT2D eigenvalue weighted by Gasteiger charge is 2.42. The number of nitrogens with zero attached hydrogens (tertiary/aromatic N) is 3. The largest absolute Gasteiger partial charge is 0.319 e. The molecule has 70 valence electrons. The topological polar surface area (TPSA) is 73.8 Å². The second kappa shape index (κ2) is 2.63. The van der Waals surface area contributed by atoms with Crippen LogP contribution in [-0.4, -0.2) is 26.1 Å². The molecule has 0 amide bonds. The summed E-state index contributed by atoms with van der Waals surface area (Å²) >= 11 is 0. The first-order valence-electron chi connectivity index (χ1n) is 4.31. The Balaban J connectivity index is 2.27. The average molecular weight is 180 g/mol. The van der Waals surface area contributed by atoms with Gasteiger partial charge in [0.15, 0.2) is 5.82 Å². The van der Waals surface area contributed by atoms with Crippen LogP contribution in [0.25, 0.3) is 0 Å². The number of hydrogen-bond donors (Lipinski definition) is 1. The molecule has 0 radical (unpaired) electrons. The molecule has 0 bridgehead atoms. The van der Waals surface area contributed by atoms with Crippen molar-refractivity contribution >= 4 is 5.78 Å².